The average Bonchev–Trinajstić information content (AvgIpc) is 2.88. The summed E-state index contributed by atoms with van der Waals surface area (Å²) in [6.07, 6.45) is 4.00. The number of likely N-dealkylation sites (tertiary alicyclic amines) is 1. The Morgan fingerprint density at radius 2 is 2.29 bits per heavy atom. The number of thiazole rings is 1. The van der Waals surface area contributed by atoms with Gasteiger partial charge in [-0.3, -0.25) is 4.90 Å². The van der Waals surface area contributed by atoms with Gasteiger partial charge in [0.2, 0.25) is 0 Å². The minimum absolute atomic E-state index is 0. The van der Waals surface area contributed by atoms with Gasteiger partial charge in [0.25, 0.3) is 0 Å². The van der Waals surface area contributed by atoms with Crippen LogP contribution in [0.4, 0.5) is 0 Å². The molecule has 17 heavy (non-hydrogen) atoms. The molecule has 1 aliphatic heterocycles. The SMILES string of the molecule is CNC1CCN(Cc2scnc2C2CC2)C1.Cl. The summed E-state index contributed by atoms with van der Waals surface area (Å²) >= 11 is 1.84. The van der Waals surface area contributed by atoms with Crippen molar-refractivity contribution in [2.45, 2.75) is 37.8 Å². The maximum absolute atomic E-state index is 4.54. The van der Waals surface area contributed by atoms with Crippen molar-refractivity contribution in [2.24, 2.45) is 0 Å². The van der Waals surface area contributed by atoms with Crippen LogP contribution in [0.25, 0.3) is 0 Å². The van der Waals surface area contributed by atoms with E-state index in [9.17, 15) is 0 Å². The number of nitrogens with one attached hydrogen (secondary N) is 1. The van der Waals surface area contributed by atoms with Crippen molar-refractivity contribution >= 4 is 23.7 Å². The standard InChI is InChI=1S/C12H19N3S.ClH/c1-13-10-4-5-15(6-10)7-11-12(9-2-3-9)14-8-16-11;/h8-10,13H,2-7H2,1H3;1H. The summed E-state index contributed by atoms with van der Waals surface area (Å²) in [5.41, 5.74) is 3.42. The molecule has 1 aliphatic carbocycles. The molecule has 3 nitrogen and oxygen atoms in total. The Balaban J connectivity index is 0.00000108. The monoisotopic (exact) mass is 273 g/mol. The molecular weight excluding hydrogens is 254 g/mol. The molecule has 0 spiro atoms. The van der Waals surface area contributed by atoms with Crippen molar-refractivity contribution in [1.29, 1.82) is 0 Å². The maximum atomic E-state index is 4.54. The first kappa shape index (κ1) is 13.3. The molecule has 1 saturated heterocycles. The normalized spacial score (nSPS) is 24.9. The quantitative estimate of drug-likeness (QED) is 0.912. The second-order valence-electron chi connectivity index (χ2n) is 4.94. The minimum Gasteiger partial charge on any atom is -0.316 e. The number of nitrogens with zero attached hydrogens (tertiary/aromatic N) is 2. The van der Waals surface area contributed by atoms with Gasteiger partial charge in [-0.05, 0) is 26.3 Å². The van der Waals surface area contributed by atoms with Crippen LogP contribution in [0.15, 0.2) is 5.51 Å². The van der Waals surface area contributed by atoms with E-state index >= 15 is 0 Å². The highest BCUT2D eigenvalue weighted by Gasteiger charge is 2.29. The lowest BCUT2D eigenvalue weighted by Crippen LogP contribution is -2.29. The van der Waals surface area contributed by atoms with Crippen LogP contribution in [-0.4, -0.2) is 36.1 Å². The van der Waals surface area contributed by atoms with E-state index in [2.05, 4.69) is 22.2 Å². The minimum atomic E-state index is 0. The number of aromatic nitrogens is 1. The van der Waals surface area contributed by atoms with Crippen molar-refractivity contribution in [3.63, 3.8) is 0 Å². The first-order chi connectivity index (χ1) is 7.86. The Kier molecular flexibility index (Phi) is 4.42. The lowest BCUT2D eigenvalue weighted by Gasteiger charge is -2.15. The van der Waals surface area contributed by atoms with Crippen molar-refractivity contribution in [2.75, 3.05) is 20.1 Å². The van der Waals surface area contributed by atoms with Crippen molar-refractivity contribution < 1.29 is 0 Å². The van der Waals surface area contributed by atoms with Crippen LogP contribution >= 0.6 is 23.7 Å². The number of hydrogen-bond acceptors (Lipinski definition) is 4. The van der Waals surface area contributed by atoms with Crippen LogP contribution in [0, 0.1) is 0 Å². The average molecular weight is 274 g/mol. The molecular formula is C12H20ClN3S. The molecule has 1 aromatic heterocycles. The Hall–Kier alpha value is -0.160. The number of rotatable bonds is 4. The van der Waals surface area contributed by atoms with Crippen molar-refractivity contribution in [1.82, 2.24) is 15.2 Å². The highest BCUT2D eigenvalue weighted by atomic mass is 35.5. The zero-order chi connectivity index (χ0) is 11.0. The van der Waals surface area contributed by atoms with E-state index in [-0.39, 0.29) is 12.4 Å². The summed E-state index contributed by atoms with van der Waals surface area (Å²) in [5, 5.41) is 3.37. The Morgan fingerprint density at radius 3 is 2.94 bits per heavy atom. The van der Waals surface area contributed by atoms with Gasteiger partial charge in [0.15, 0.2) is 0 Å². The zero-order valence-corrected chi connectivity index (χ0v) is 11.8. The molecule has 2 heterocycles. The van der Waals surface area contributed by atoms with Gasteiger partial charge >= 0.3 is 0 Å². The lowest BCUT2D eigenvalue weighted by atomic mass is 10.2. The van der Waals surface area contributed by atoms with Gasteiger partial charge in [0, 0.05) is 36.5 Å². The molecule has 1 saturated carbocycles. The first-order valence-corrected chi connectivity index (χ1v) is 7.06. The highest BCUT2D eigenvalue weighted by molar-refractivity contribution is 7.09. The number of halogens is 1. The second-order valence-corrected chi connectivity index (χ2v) is 5.88. The van der Waals surface area contributed by atoms with Gasteiger partial charge < -0.3 is 5.32 Å². The first-order valence-electron chi connectivity index (χ1n) is 6.18. The van der Waals surface area contributed by atoms with Gasteiger partial charge in [-0.25, -0.2) is 4.98 Å². The molecule has 5 heteroatoms. The fraction of sp³-hybridized carbons (Fsp3) is 0.750. The third kappa shape index (κ3) is 2.99. The Morgan fingerprint density at radius 1 is 1.47 bits per heavy atom. The molecule has 0 aromatic carbocycles. The van der Waals surface area contributed by atoms with Gasteiger partial charge in [0.1, 0.15) is 0 Å². The third-order valence-electron chi connectivity index (χ3n) is 3.68. The summed E-state index contributed by atoms with van der Waals surface area (Å²) in [7, 11) is 2.07. The molecule has 2 aliphatic rings. The molecule has 3 rings (SSSR count). The Bertz CT molecular complexity index is 364. The molecule has 96 valence electrons. The van der Waals surface area contributed by atoms with Crippen LogP contribution in [0.1, 0.15) is 35.8 Å². The van der Waals surface area contributed by atoms with Crippen molar-refractivity contribution in [3.05, 3.63) is 16.1 Å². The molecule has 0 amide bonds. The molecule has 1 atom stereocenters. The summed E-state index contributed by atoms with van der Waals surface area (Å²) < 4.78 is 0. The van der Waals surface area contributed by atoms with E-state index in [4.69, 9.17) is 0 Å². The van der Waals surface area contributed by atoms with Crippen LogP contribution < -0.4 is 5.32 Å². The van der Waals surface area contributed by atoms with Gasteiger partial charge in [0.05, 0.1) is 11.2 Å². The van der Waals surface area contributed by atoms with E-state index < -0.39 is 0 Å². The van der Waals surface area contributed by atoms with Crippen LogP contribution in [0.3, 0.4) is 0 Å². The molecule has 1 unspecified atom stereocenters. The van der Waals surface area contributed by atoms with E-state index in [1.165, 1.54) is 42.9 Å². The maximum Gasteiger partial charge on any atom is 0.0798 e. The van der Waals surface area contributed by atoms with Crippen LogP contribution in [0.2, 0.25) is 0 Å². The summed E-state index contributed by atoms with van der Waals surface area (Å²) in [6, 6.07) is 0.692. The molecule has 0 bridgehead atoms. The third-order valence-corrected chi connectivity index (χ3v) is 4.52. The topological polar surface area (TPSA) is 28.2 Å². The molecule has 1 N–H and O–H groups in total. The summed E-state index contributed by atoms with van der Waals surface area (Å²) in [4.78, 5) is 8.60. The van der Waals surface area contributed by atoms with E-state index in [0.717, 1.165) is 12.5 Å². The number of hydrogen-bond donors (Lipinski definition) is 1. The molecule has 0 radical (unpaired) electrons. The zero-order valence-electron chi connectivity index (χ0n) is 10.2. The van der Waals surface area contributed by atoms with E-state index in [1.54, 1.807) is 0 Å². The predicted molar refractivity (Wildman–Crippen MR) is 74.1 cm³/mol. The fourth-order valence-electron chi connectivity index (χ4n) is 2.50. The lowest BCUT2D eigenvalue weighted by molar-refractivity contribution is 0.324. The molecule has 2 fully saturated rings. The van der Waals surface area contributed by atoms with Crippen LogP contribution in [0.5, 0.6) is 0 Å². The smallest absolute Gasteiger partial charge is 0.0798 e. The summed E-state index contributed by atoms with van der Waals surface area (Å²) in [6.45, 7) is 3.54. The highest BCUT2D eigenvalue weighted by Crippen LogP contribution is 2.42. The summed E-state index contributed by atoms with van der Waals surface area (Å²) in [5.74, 6) is 0.795. The molecule has 1 aromatic rings. The van der Waals surface area contributed by atoms with Crippen molar-refractivity contribution in [3.8, 4) is 0 Å². The van der Waals surface area contributed by atoms with E-state index in [1.807, 2.05) is 16.8 Å². The van der Waals surface area contributed by atoms with E-state index in [0.29, 0.717) is 6.04 Å². The Labute approximate surface area is 113 Å². The largest absolute Gasteiger partial charge is 0.316 e. The number of likely N-dealkylation sites (N-methyl/N-ethyl adjacent to an activating group) is 1. The predicted octanol–water partition coefficient (Wildman–Crippen LogP) is 2.24. The fourth-order valence-corrected chi connectivity index (χ4v) is 3.39. The van der Waals surface area contributed by atoms with Gasteiger partial charge in [-0.1, -0.05) is 0 Å². The second kappa shape index (κ2) is 5.65. The van der Waals surface area contributed by atoms with Gasteiger partial charge in [-0.15, -0.1) is 23.7 Å². The van der Waals surface area contributed by atoms with Crippen LogP contribution in [-0.2, 0) is 6.54 Å². The van der Waals surface area contributed by atoms with Gasteiger partial charge in [-0.2, -0.15) is 0 Å².